The first-order valence-electron chi connectivity index (χ1n) is 10.7. The number of fused-ring (bicyclic) bond motifs is 6. The Labute approximate surface area is 185 Å². The third-order valence-corrected chi connectivity index (χ3v) is 6.74. The summed E-state index contributed by atoms with van der Waals surface area (Å²) in [5.41, 5.74) is 2.50. The Morgan fingerprint density at radius 3 is 2.58 bits per heavy atom. The van der Waals surface area contributed by atoms with E-state index in [1.807, 2.05) is 36.4 Å². The molecule has 3 heterocycles. The summed E-state index contributed by atoms with van der Waals surface area (Å²) < 4.78 is 12.4. The smallest absolute Gasteiger partial charge is 0.358 e. The second-order valence-electron chi connectivity index (χ2n) is 8.40. The molecule has 3 aliphatic rings. The van der Waals surface area contributed by atoms with E-state index in [0.29, 0.717) is 28.3 Å². The molecular weight excluding hydrogens is 412 g/mol. The number of halogens is 1. The molecule has 0 saturated heterocycles. The molecule has 2 aliphatic heterocycles. The van der Waals surface area contributed by atoms with Crippen molar-refractivity contribution in [3.63, 3.8) is 0 Å². The molecule has 0 bridgehead atoms. The van der Waals surface area contributed by atoms with Gasteiger partial charge in [0.2, 0.25) is 0 Å². The maximum Gasteiger partial charge on any atom is 0.358 e. The van der Waals surface area contributed by atoms with Gasteiger partial charge < -0.3 is 14.8 Å². The number of carbonyl (C=O) groups excluding carboxylic acids is 1. The van der Waals surface area contributed by atoms with E-state index in [-0.39, 0.29) is 0 Å². The van der Waals surface area contributed by atoms with Crippen LogP contribution in [-0.2, 0) is 10.3 Å². The quantitative estimate of drug-likeness (QED) is 0.499. The third kappa shape index (κ3) is 2.83. The Balaban J connectivity index is 1.51. The second kappa shape index (κ2) is 6.99. The van der Waals surface area contributed by atoms with Crippen LogP contribution in [0, 0.1) is 0 Å². The van der Waals surface area contributed by atoms with Gasteiger partial charge >= 0.3 is 5.97 Å². The van der Waals surface area contributed by atoms with Crippen molar-refractivity contribution in [2.24, 2.45) is 0 Å². The van der Waals surface area contributed by atoms with Crippen LogP contribution in [0.5, 0.6) is 11.5 Å². The van der Waals surface area contributed by atoms with Gasteiger partial charge in [0.15, 0.2) is 11.3 Å². The number of hydrogen-bond acceptors (Lipinski definition) is 5. The molecule has 1 unspecified atom stereocenters. The number of carbonyl (C=O) groups is 1. The predicted molar refractivity (Wildman–Crippen MR) is 118 cm³/mol. The number of nitrogens with zero attached hydrogens (tertiary/aromatic N) is 1. The molecule has 1 spiro atoms. The zero-order valence-corrected chi connectivity index (χ0v) is 17.6. The normalized spacial score (nSPS) is 21.6. The van der Waals surface area contributed by atoms with Gasteiger partial charge in [-0.3, -0.25) is 0 Å². The molecule has 31 heavy (non-hydrogen) atoms. The lowest BCUT2D eigenvalue weighted by atomic mass is 9.78. The van der Waals surface area contributed by atoms with E-state index in [1.54, 1.807) is 18.3 Å². The highest BCUT2D eigenvalue weighted by Crippen LogP contribution is 2.56. The lowest BCUT2D eigenvalue weighted by molar-refractivity contribution is 0.0222. The minimum absolute atomic E-state index is 0.334. The maximum atomic E-state index is 12.8. The average molecular weight is 433 g/mol. The molecule has 1 saturated carbocycles. The molecule has 6 rings (SSSR count). The predicted octanol–water partition coefficient (Wildman–Crippen LogP) is 6.05. The van der Waals surface area contributed by atoms with Crippen molar-refractivity contribution < 1.29 is 14.3 Å². The van der Waals surface area contributed by atoms with Crippen LogP contribution < -0.4 is 10.1 Å². The topological polar surface area (TPSA) is 60.5 Å². The van der Waals surface area contributed by atoms with Gasteiger partial charge in [-0.2, -0.15) is 0 Å². The number of pyridine rings is 1. The minimum atomic E-state index is -1.10. The number of anilines is 1. The lowest BCUT2D eigenvalue weighted by Gasteiger charge is -2.36. The number of rotatable bonds is 2. The van der Waals surface area contributed by atoms with E-state index in [9.17, 15) is 4.79 Å². The standard InChI is InChI=1S/C25H21ClN2O3/c26-15-8-10-18-21(13-15)30-22-14-17(28-16-5-2-1-3-6-16)9-11-19(22)25(18)20-7-4-12-27-23(20)24(29)31-25/h4,7-14,16,28H,1-3,5-6H2. The highest BCUT2D eigenvalue weighted by Gasteiger charge is 2.54. The van der Waals surface area contributed by atoms with E-state index < -0.39 is 11.6 Å². The molecule has 3 aromatic rings. The van der Waals surface area contributed by atoms with Crippen LogP contribution >= 0.6 is 11.6 Å². The second-order valence-corrected chi connectivity index (χ2v) is 8.84. The number of hydrogen-bond donors (Lipinski definition) is 1. The molecule has 2 aromatic carbocycles. The minimum Gasteiger partial charge on any atom is -0.456 e. The summed E-state index contributed by atoms with van der Waals surface area (Å²) in [6.07, 6.45) is 7.79. The van der Waals surface area contributed by atoms with E-state index in [2.05, 4.69) is 10.3 Å². The van der Waals surface area contributed by atoms with Crippen molar-refractivity contribution in [2.75, 3.05) is 5.32 Å². The monoisotopic (exact) mass is 432 g/mol. The Kier molecular flexibility index (Phi) is 4.22. The molecule has 156 valence electrons. The fourth-order valence-electron chi connectivity index (χ4n) is 5.10. The van der Waals surface area contributed by atoms with Gasteiger partial charge in [-0.15, -0.1) is 0 Å². The number of esters is 1. The summed E-state index contributed by atoms with van der Waals surface area (Å²) in [4.78, 5) is 17.1. The first-order valence-corrected chi connectivity index (χ1v) is 11.1. The molecule has 1 aromatic heterocycles. The highest BCUT2D eigenvalue weighted by molar-refractivity contribution is 6.30. The van der Waals surface area contributed by atoms with Gasteiger partial charge in [-0.05, 0) is 49.2 Å². The van der Waals surface area contributed by atoms with Crippen molar-refractivity contribution in [3.8, 4) is 11.5 Å². The van der Waals surface area contributed by atoms with Crippen LogP contribution in [0.3, 0.4) is 0 Å². The summed E-state index contributed by atoms with van der Waals surface area (Å²) in [5.74, 6) is 0.799. The molecule has 1 aliphatic carbocycles. The SMILES string of the molecule is O=C1OC2(c3ccc(Cl)cc3Oc3cc(NC4CCCCC4)ccc32)c2cccnc21. The van der Waals surface area contributed by atoms with Crippen LogP contribution in [0.4, 0.5) is 5.69 Å². The summed E-state index contributed by atoms with van der Waals surface area (Å²) in [6, 6.07) is 15.7. The average Bonchev–Trinajstić information content (AvgIpc) is 3.07. The molecule has 0 radical (unpaired) electrons. The molecule has 0 amide bonds. The third-order valence-electron chi connectivity index (χ3n) is 6.51. The van der Waals surface area contributed by atoms with Crippen molar-refractivity contribution in [2.45, 2.75) is 43.7 Å². The van der Waals surface area contributed by atoms with Crippen LogP contribution in [0.2, 0.25) is 5.02 Å². The molecule has 1 fully saturated rings. The fourth-order valence-corrected chi connectivity index (χ4v) is 5.26. The number of nitrogens with one attached hydrogen (secondary N) is 1. The van der Waals surface area contributed by atoms with E-state index in [4.69, 9.17) is 21.1 Å². The fraction of sp³-hybridized carbons (Fsp3) is 0.280. The van der Waals surface area contributed by atoms with Crippen molar-refractivity contribution in [1.82, 2.24) is 4.98 Å². The summed E-state index contributed by atoms with van der Waals surface area (Å²) in [5, 5.41) is 4.21. The summed E-state index contributed by atoms with van der Waals surface area (Å²) >= 11 is 6.28. The van der Waals surface area contributed by atoms with E-state index in [0.717, 1.165) is 22.4 Å². The largest absolute Gasteiger partial charge is 0.456 e. The molecule has 5 nitrogen and oxygen atoms in total. The first kappa shape index (κ1) is 18.7. The van der Waals surface area contributed by atoms with Crippen molar-refractivity contribution in [1.29, 1.82) is 0 Å². The van der Waals surface area contributed by atoms with Gasteiger partial charge in [0.25, 0.3) is 0 Å². The van der Waals surface area contributed by atoms with Crippen molar-refractivity contribution in [3.05, 3.63) is 82.1 Å². The van der Waals surface area contributed by atoms with Crippen LogP contribution in [-0.4, -0.2) is 17.0 Å². The first-order chi connectivity index (χ1) is 15.1. The number of aromatic nitrogens is 1. The van der Waals surface area contributed by atoms with Gasteiger partial charge in [0.1, 0.15) is 11.5 Å². The Hall–Kier alpha value is -3.05. The van der Waals surface area contributed by atoms with Crippen LogP contribution in [0.1, 0.15) is 59.3 Å². The number of benzene rings is 2. The number of ether oxygens (including phenoxy) is 2. The van der Waals surface area contributed by atoms with Crippen LogP contribution in [0.15, 0.2) is 54.7 Å². The van der Waals surface area contributed by atoms with E-state index in [1.165, 1.54) is 32.1 Å². The van der Waals surface area contributed by atoms with Gasteiger partial charge in [-0.25, -0.2) is 9.78 Å². The maximum absolute atomic E-state index is 12.8. The van der Waals surface area contributed by atoms with Gasteiger partial charge in [-0.1, -0.05) is 36.9 Å². The Morgan fingerprint density at radius 1 is 0.968 bits per heavy atom. The molecule has 1 atom stereocenters. The lowest BCUT2D eigenvalue weighted by Crippen LogP contribution is -2.33. The van der Waals surface area contributed by atoms with Gasteiger partial charge in [0, 0.05) is 45.7 Å². The molecular formula is C25H21ClN2O3. The Morgan fingerprint density at radius 2 is 1.74 bits per heavy atom. The van der Waals surface area contributed by atoms with E-state index >= 15 is 0 Å². The molecule has 1 N–H and O–H groups in total. The van der Waals surface area contributed by atoms with Crippen molar-refractivity contribution >= 4 is 23.3 Å². The van der Waals surface area contributed by atoms with Crippen LogP contribution in [0.25, 0.3) is 0 Å². The zero-order chi connectivity index (χ0) is 21.0. The van der Waals surface area contributed by atoms with Gasteiger partial charge in [0.05, 0.1) is 0 Å². The molecule has 6 heteroatoms. The highest BCUT2D eigenvalue weighted by atomic mass is 35.5. The Bertz CT molecular complexity index is 1210. The summed E-state index contributed by atoms with van der Waals surface area (Å²) in [7, 11) is 0. The summed E-state index contributed by atoms with van der Waals surface area (Å²) in [6.45, 7) is 0. The zero-order valence-electron chi connectivity index (χ0n) is 16.9.